The Bertz CT molecular complexity index is 753. The zero-order valence-electron chi connectivity index (χ0n) is 14.1. The number of carbonyl (C=O) groups is 4. The molecule has 1 unspecified atom stereocenters. The monoisotopic (exact) mass is 400 g/mol. The lowest BCUT2D eigenvalue weighted by Crippen LogP contribution is -2.36. The van der Waals surface area contributed by atoms with E-state index < -0.39 is 29.5 Å². The molecule has 26 heavy (non-hydrogen) atoms. The van der Waals surface area contributed by atoms with Gasteiger partial charge in [0.2, 0.25) is 11.7 Å². The van der Waals surface area contributed by atoms with E-state index in [1.807, 2.05) is 0 Å². The number of rotatable bonds is 7. The molecule has 1 heterocycles. The maximum Gasteiger partial charge on any atom is 0.303 e. The van der Waals surface area contributed by atoms with Crippen molar-refractivity contribution < 1.29 is 24.3 Å². The van der Waals surface area contributed by atoms with Crippen LogP contribution in [0.3, 0.4) is 0 Å². The minimum Gasteiger partial charge on any atom is -0.481 e. The standard InChI is InChI=1S/C17H18Cl2N2O5/c1-20(8-10-4-5-12(18)13(19)7-10)16(25)11-9-21(17(26)15(11)24)6-2-3-14(22)23/h4-5,7,11H,2-3,6,8-9H2,1H3,(H,22,23). The van der Waals surface area contributed by atoms with Gasteiger partial charge in [-0.25, -0.2) is 0 Å². The highest BCUT2D eigenvalue weighted by atomic mass is 35.5. The van der Waals surface area contributed by atoms with Gasteiger partial charge in [0.15, 0.2) is 0 Å². The Hall–Kier alpha value is -2.12. The van der Waals surface area contributed by atoms with Crippen molar-refractivity contribution in [2.75, 3.05) is 20.1 Å². The maximum atomic E-state index is 12.6. The summed E-state index contributed by atoms with van der Waals surface area (Å²) in [6.45, 7) is 0.325. The number of halogens is 2. The smallest absolute Gasteiger partial charge is 0.303 e. The molecule has 9 heteroatoms. The molecule has 1 aromatic rings. The van der Waals surface area contributed by atoms with Gasteiger partial charge in [-0.3, -0.25) is 19.2 Å². The predicted molar refractivity (Wildman–Crippen MR) is 94.9 cm³/mol. The molecule has 2 rings (SSSR count). The third kappa shape index (κ3) is 4.74. The summed E-state index contributed by atoms with van der Waals surface area (Å²) in [6.07, 6.45) is 0.127. The fraction of sp³-hybridized carbons (Fsp3) is 0.412. The second-order valence-corrected chi connectivity index (χ2v) is 6.92. The number of Topliss-reactive ketones (excluding diaryl/α,β-unsaturated/α-hetero) is 1. The number of nitrogens with zero attached hydrogens (tertiary/aromatic N) is 2. The minimum atomic E-state index is -1.07. The lowest BCUT2D eigenvalue weighted by Gasteiger charge is -2.21. The Morgan fingerprint density at radius 3 is 2.58 bits per heavy atom. The number of hydrogen-bond acceptors (Lipinski definition) is 4. The first-order chi connectivity index (χ1) is 12.2. The van der Waals surface area contributed by atoms with E-state index in [1.165, 1.54) is 16.8 Å². The molecule has 0 spiro atoms. The van der Waals surface area contributed by atoms with Crippen LogP contribution >= 0.6 is 23.2 Å². The van der Waals surface area contributed by atoms with Gasteiger partial charge in [-0.05, 0) is 24.1 Å². The van der Waals surface area contributed by atoms with Crippen LogP contribution in [0.5, 0.6) is 0 Å². The van der Waals surface area contributed by atoms with Crippen molar-refractivity contribution in [1.29, 1.82) is 0 Å². The first kappa shape index (κ1) is 20.2. The Kier molecular flexibility index (Phi) is 6.61. The number of amides is 2. The van der Waals surface area contributed by atoms with E-state index in [9.17, 15) is 19.2 Å². The number of hydrogen-bond donors (Lipinski definition) is 1. The molecule has 1 aliphatic rings. The predicted octanol–water partition coefficient (Wildman–Crippen LogP) is 1.84. The molecular formula is C17H18Cl2N2O5. The summed E-state index contributed by atoms with van der Waals surface area (Å²) in [7, 11) is 1.54. The Labute approximate surface area is 160 Å². The van der Waals surface area contributed by atoms with Gasteiger partial charge in [0.05, 0.1) is 10.0 Å². The minimum absolute atomic E-state index is 0.0260. The SMILES string of the molecule is CN(Cc1ccc(Cl)c(Cl)c1)C(=O)C1CN(CCCC(=O)O)C(=O)C1=O. The quantitative estimate of drug-likeness (QED) is 0.556. The summed E-state index contributed by atoms with van der Waals surface area (Å²) < 4.78 is 0. The van der Waals surface area contributed by atoms with Crippen LogP contribution in [-0.4, -0.2) is 58.6 Å². The van der Waals surface area contributed by atoms with Crippen LogP contribution in [0.1, 0.15) is 18.4 Å². The Morgan fingerprint density at radius 1 is 1.27 bits per heavy atom. The van der Waals surface area contributed by atoms with E-state index in [4.69, 9.17) is 28.3 Å². The van der Waals surface area contributed by atoms with Crippen molar-refractivity contribution in [2.24, 2.45) is 5.92 Å². The van der Waals surface area contributed by atoms with Crippen LogP contribution in [-0.2, 0) is 25.7 Å². The van der Waals surface area contributed by atoms with Gasteiger partial charge in [-0.15, -0.1) is 0 Å². The molecule has 1 aromatic carbocycles. The second kappa shape index (κ2) is 8.51. The highest BCUT2D eigenvalue weighted by molar-refractivity contribution is 6.42. The van der Waals surface area contributed by atoms with Gasteiger partial charge >= 0.3 is 5.97 Å². The zero-order chi connectivity index (χ0) is 19.4. The summed E-state index contributed by atoms with van der Waals surface area (Å²) in [5, 5.41) is 9.41. The zero-order valence-corrected chi connectivity index (χ0v) is 15.6. The highest BCUT2D eigenvalue weighted by Crippen LogP contribution is 2.24. The maximum absolute atomic E-state index is 12.6. The molecule has 1 saturated heterocycles. The van der Waals surface area contributed by atoms with Crippen LogP contribution in [0.4, 0.5) is 0 Å². The number of likely N-dealkylation sites (tertiary alicyclic amines) is 1. The highest BCUT2D eigenvalue weighted by Gasteiger charge is 2.43. The first-order valence-electron chi connectivity index (χ1n) is 7.94. The van der Waals surface area contributed by atoms with Crippen molar-refractivity contribution in [3.63, 3.8) is 0 Å². The summed E-state index contributed by atoms with van der Waals surface area (Å²) in [4.78, 5) is 49.8. The molecule has 0 aliphatic carbocycles. The van der Waals surface area contributed by atoms with E-state index in [1.54, 1.807) is 18.2 Å². The molecule has 0 saturated carbocycles. The summed E-state index contributed by atoms with van der Waals surface area (Å²) >= 11 is 11.8. The van der Waals surface area contributed by atoms with Crippen LogP contribution in [0, 0.1) is 5.92 Å². The number of aliphatic carboxylic acids is 1. The number of benzene rings is 1. The molecule has 140 valence electrons. The molecule has 7 nitrogen and oxygen atoms in total. The van der Waals surface area contributed by atoms with Crippen molar-refractivity contribution in [1.82, 2.24) is 9.80 Å². The van der Waals surface area contributed by atoms with Crippen LogP contribution in [0.15, 0.2) is 18.2 Å². The summed E-state index contributed by atoms with van der Waals surface area (Å²) in [6, 6.07) is 4.97. The molecule has 0 radical (unpaired) electrons. The average Bonchev–Trinajstić information content (AvgIpc) is 2.85. The second-order valence-electron chi connectivity index (χ2n) is 6.11. The van der Waals surface area contributed by atoms with Crippen molar-refractivity contribution in [2.45, 2.75) is 19.4 Å². The molecule has 1 fully saturated rings. The molecule has 1 aliphatic heterocycles. The fourth-order valence-electron chi connectivity index (χ4n) is 2.75. The van der Waals surface area contributed by atoms with E-state index in [-0.39, 0.29) is 32.5 Å². The van der Waals surface area contributed by atoms with Gasteiger partial charge < -0.3 is 14.9 Å². The molecule has 1 N–H and O–H groups in total. The van der Waals surface area contributed by atoms with Gasteiger partial charge in [0.25, 0.3) is 5.91 Å². The molecule has 1 atom stereocenters. The van der Waals surface area contributed by atoms with Gasteiger partial charge in [0.1, 0.15) is 5.92 Å². The normalized spacial score (nSPS) is 16.9. The van der Waals surface area contributed by atoms with E-state index in [0.29, 0.717) is 10.0 Å². The van der Waals surface area contributed by atoms with Crippen molar-refractivity contribution >= 4 is 46.8 Å². The fourth-order valence-corrected chi connectivity index (χ4v) is 3.07. The third-order valence-electron chi connectivity index (χ3n) is 4.11. The van der Waals surface area contributed by atoms with Gasteiger partial charge in [-0.2, -0.15) is 0 Å². The van der Waals surface area contributed by atoms with Crippen LogP contribution < -0.4 is 0 Å². The molecule has 0 aromatic heterocycles. The van der Waals surface area contributed by atoms with Gasteiger partial charge in [0, 0.05) is 33.1 Å². The number of carboxylic acid groups (broad SMARTS) is 1. The number of carbonyl (C=O) groups excluding carboxylic acids is 3. The molecule has 2 amide bonds. The van der Waals surface area contributed by atoms with Crippen LogP contribution in [0.2, 0.25) is 10.0 Å². The number of ketones is 1. The summed E-state index contributed by atoms with van der Waals surface area (Å²) in [5.41, 5.74) is 0.741. The van der Waals surface area contributed by atoms with Crippen LogP contribution in [0.25, 0.3) is 0 Å². The van der Waals surface area contributed by atoms with E-state index in [2.05, 4.69) is 0 Å². The Morgan fingerprint density at radius 2 is 1.96 bits per heavy atom. The molecular weight excluding hydrogens is 383 g/mol. The Balaban J connectivity index is 1.99. The lowest BCUT2D eigenvalue weighted by atomic mass is 10.1. The average molecular weight is 401 g/mol. The van der Waals surface area contributed by atoms with Crippen molar-refractivity contribution in [3.05, 3.63) is 33.8 Å². The largest absolute Gasteiger partial charge is 0.481 e. The van der Waals surface area contributed by atoms with E-state index >= 15 is 0 Å². The third-order valence-corrected chi connectivity index (χ3v) is 4.85. The lowest BCUT2D eigenvalue weighted by molar-refractivity contribution is -0.144. The summed E-state index contributed by atoms with van der Waals surface area (Å²) in [5.74, 6) is -4.00. The van der Waals surface area contributed by atoms with Crippen molar-refractivity contribution in [3.8, 4) is 0 Å². The molecule has 0 bridgehead atoms. The van der Waals surface area contributed by atoms with Gasteiger partial charge in [-0.1, -0.05) is 29.3 Å². The first-order valence-corrected chi connectivity index (χ1v) is 8.70. The topological polar surface area (TPSA) is 95.0 Å². The van der Waals surface area contributed by atoms with E-state index in [0.717, 1.165) is 5.56 Å². The number of carboxylic acids is 1.